The lowest BCUT2D eigenvalue weighted by Gasteiger charge is -2.14. The zero-order valence-corrected chi connectivity index (χ0v) is 41.0. The van der Waals surface area contributed by atoms with Gasteiger partial charge in [0.2, 0.25) is 0 Å². The zero-order chi connectivity index (χ0) is 49.8. The number of para-hydroxylation sites is 9. The van der Waals surface area contributed by atoms with Crippen LogP contribution in [0.1, 0.15) is 0 Å². The summed E-state index contributed by atoms with van der Waals surface area (Å²) in [4.78, 5) is 16.6. The van der Waals surface area contributed by atoms with Crippen molar-refractivity contribution < 1.29 is 0 Å². The highest BCUT2D eigenvalue weighted by Gasteiger charge is 2.25. The maximum atomic E-state index is 5.56. The van der Waals surface area contributed by atoms with Gasteiger partial charge in [-0.25, -0.2) is 15.0 Å². The van der Waals surface area contributed by atoms with Crippen LogP contribution in [0.4, 0.5) is 0 Å². The zero-order valence-electron chi connectivity index (χ0n) is 41.0. The number of aromatic nitrogens is 7. The number of benzene rings is 11. The van der Waals surface area contributed by atoms with Crippen molar-refractivity contribution in [3.8, 4) is 56.9 Å². The molecule has 11 aromatic carbocycles. The summed E-state index contributed by atoms with van der Waals surface area (Å²) in [6.45, 7) is 0. The molecule has 0 amide bonds. The van der Waals surface area contributed by atoms with E-state index in [0.717, 1.165) is 94.1 Å². The van der Waals surface area contributed by atoms with Gasteiger partial charge >= 0.3 is 0 Å². The van der Waals surface area contributed by atoms with Crippen molar-refractivity contribution >= 4 is 87.2 Å². The second-order valence-corrected chi connectivity index (χ2v) is 19.5. The molecule has 7 heteroatoms. The van der Waals surface area contributed by atoms with E-state index in [1.54, 1.807) is 0 Å². The van der Waals surface area contributed by atoms with Crippen LogP contribution in [0.25, 0.3) is 144 Å². The monoisotopic (exact) mass is 969 g/mol. The Morgan fingerprint density at radius 1 is 0.211 bits per heavy atom. The average molecular weight is 970 g/mol. The van der Waals surface area contributed by atoms with Crippen LogP contribution in [0.15, 0.2) is 261 Å². The molecule has 5 heterocycles. The third kappa shape index (κ3) is 6.20. The van der Waals surface area contributed by atoms with E-state index >= 15 is 0 Å². The highest BCUT2D eigenvalue weighted by atomic mass is 15.1. The van der Waals surface area contributed by atoms with E-state index in [9.17, 15) is 0 Å². The lowest BCUT2D eigenvalue weighted by atomic mass is 10.1. The molecule has 354 valence electrons. The summed E-state index contributed by atoms with van der Waals surface area (Å²) in [7, 11) is 0. The lowest BCUT2D eigenvalue weighted by Crippen LogP contribution is -2.03. The third-order valence-electron chi connectivity index (χ3n) is 15.4. The van der Waals surface area contributed by atoms with Gasteiger partial charge in [-0.1, -0.05) is 158 Å². The minimum Gasteiger partial charge on any atom is -0.309 e. The predicted octanol–water partition coefficient (Wildman–Crippen LogP) is 17.3. The van der Waals surface area contributed by atoms with Crippen LogP contribution in [0.2, 0.25) is 0 Å². The Bertz CT molecular complexity index is 4790. The Labute approximate surface area is 436 Å². The summed E-state index contributed by atoms with van der Waals surface area (Å²) < 4.78 is 9.54. The molecule has 0 aliphatic heterocycles. The summed E-state index contributed by atoms with van der Waals surface area (Å²) in [6.07, 6.45) is 0. The molecular weight excluding hydrogens is 927 g/mol. The molecule has 0 spiro atoms. The SMILES string of the molecule is c1ccc(-n2c3ccccc3c3c2ccc2c4ccccc4n(-c4ccc(-c5nc(-c6cccc7c8ccccc8n(-c8ccccc8)c67)nc(-c6cccc7c8ccccc8n(-c8ccccc8)c67)n5)cc4)c23)cc1. The smallest absolute Gasteiger partial charge is 0.166 e. The van der Waals surface area contributed by atoms with Crippen molar-refractivity contribution in [1.29, 1.82) is 0 Å². The molecule has 7 nitrogen and oxygen atoms in total. The number of nitrogens with zero attached hydrogens (tertiary/aromatic N) is 7. The van der Waals surface area contributed by atoms with Crippen molar-refractivity contribution in [1.82, 2.24) is 33.2 Å². The normalized spacial score (nSPS) is 11.9. The van der Waals surface area contributed by atoms with E-state index in [1.807, 2.05) is 0 Å². The molecule has 0 atom stereocenters. The van der Waals surface area contributed by atoms with Crippen LogP contribution in [-0.2, 0) is 0 Å². The van der Waals surface area contributed by atoms with E-state index in [2.05, 4.69) is 279 Å². The Morgan fingerprint density at radius 2 is 0.566 bits per heavy atom. The van der Waals surface area contributed by atoms with Gasteiger partial charge in [0.25, 0.3) is 0 Å². The van der Waals surface area contributed by atoms with Crippen LogP contribution >= 0.6 is 0 Å². The summed E-state index contributed by atoms with van der Waals surface area (Å²) in [5, 5.41) is 9.42. The molecule has 0 saturated carbocycles. The topological polar surface area (TPSA) is 58.4 Å². The molecule has 16 aromatic rings. The highest BCUT2D eigenvalue weighted by Crippen LogP contribution is 2.44. The molecule has 0 aliphatic carbocycles. The number of hydrogen-bond acceptors (Lipinski definition) is 3. The molecule has 0 aliphatic rings. The van der Waals surface area contributed by atoms with Gasteiger partial charge in [0, 0.05) is 82.5 Å². The van der Waals surface area contributed by atoms with Gasteiger partial charge in [-0.3, -0.25) is 0 Å². The summed E-state index contributed by atoms with van der Waals surface area (Å²) in [5.41, 5.74) is 16.0. The molecule has 5 aromatic heterocycles. The van der Waals surface area contributed by atoms with E-state index in [-0.39, 0.29) is 0 Å². The van der Waals surface area contributed by atoms with Gasteiger partial charge in [0.15, 0.2) is 17.5 Å². The second kappa shape index (κ2) is 16.6. The number of fused-ring (bicyclic) bond motifs is 13. The fraction of sp³-hybridized carbons (Fsp3) is 0. The molecule has 0 saturated heterocycles. The molecule has 0 fully saturated rings. The molecule has 16 rings (SSSR count). The Balaban J connectivity index is 0.951. The summed E-state index contributed by atoms with van der Waals surface area (Å²) in [5.74, 6) is 1.77. The minimum atomic E-state index is 0.584. The molecule has 0 N–H and O–H groups in total. The van der Waals surface area contributed by atoms with Crippen molar-refractivity contribution in [2.75, 3.05) is 0 Å². The van der Waals surface area contributed by atoms with Gasteiger partial charge in [-0.2, -0.15) is 0 Å². The molecule has 0 unspecified atom stereocenters. The maximum Gasteiger partial charge on any atom is 0.166 e. The van der Waals surface area contributed by atoms with Crippen LogP contribution in [0.3, 0.4) is 0 Å². The van der Waals surface area contributed by atoms with Crippen LogP contribution in [-0.4, -0.2) is 33.2 Å². The van der Waals surface area contributed by atoms with Crippen molar-refractivity contribution in [2.24, 2.45) is 0 Å². The number of rotatable bonds is 7. The van der Waals surface area contributed by atoms with Crippen LogP contribution in [0.5, 0.6) is 0 Å². The van der Waals surface area contributed by atoms with E-state index in [4.69, 9.17) is 15.0 Å². The van der Waals surface area contributed by atoms with Crippen molar-refractivity contribution in [3.63, 3.8) is 0 Å². The van der Waals surface area contributed by atoms with Gasteiger partial charge in [0.1, 0.15) is 0 Å². The van der Waals surface area contributed by atoms with Crippen molar-refractivity contribution in [3.05, 3.63) is 261 Å². The van der Waals surface area contributed by atoms with Gasteiger partial charge in [-0.15, -0.1) is 0 Å². The summed E-state index contributed by atoms with van der Waals surface area (Å²) in [6, 6.07) is 93.1. The lowest BCUT2D eigenvalue weighted by molar-refractivity contribution is 1.07. The first-order valence-electron chi connectivity index (χ1n) is 25.8. The van der Waals surface area contributed by atoms with E-state index in [0.29, 0.717) is 17.5 Å². The Kier molecular flexibility index (Phi) is 9.20. The number of hydrogen-bond donors (Lipinski definition) is 0. The van der Waals surface area contributed by atoms with Gasteiger partial charge in [-0.05, 0) is 103 Å². The van der Waals surface area contributed by atoms with Crippen LogP contribution < -0.4 is 0 Å². The highest BCUT2D eigenvalue weighted by molar-refractivity contribution is 6.26. The standard InChI is InChI=1S/C69H43N7/c1-4-20-45(21-5-1)73-61-37-17-13-29-55(61)63-62(73)43-42-54-51-28-12-16-36-60(51)76(66(54)63)48-40-38-44(39-41-48)67-70-68(56-32-18-30-52-49-26-10-14-34-58(49)74(64(52)56)46-22-6-2-7-23-46)72-69(71-67)57-33-19-31-53-50-27-11-15-35-59(50)75(65(53)57)47-24-8-3-9-25-47/h1-43H. The second-order valence-electron chi connectivity index (χ2n) is 19.5. The first-order valence-corrected chi connectivity index (χ1v) is 25.8. The first-order chi connectivity index (χ1) is 37.7. The van der Waals surface area contributed by atoms with E-state index in [1.165, 1.54) is 32.6 Å². The van der Waals surface area contributed by atoms with Crippen molar-refractivity contribution in [2.45, 2.75) is 0 Å². The molecular formula is C69H43N7. The molecule has 0 bridgehead atoms. The quantitative estimate of drug-likeness (QED) is 0.160. The van der Waals surface area contributed by atoms with Gasteiger partial charge in [0.05, 0.1) is 44.1 Å². The van der Waals surface area contributed by atoms with Crippen LogP contribution in [0, 0.1) is 0 Å². The van der Waals surface area contributed by atoms with E-state index < -0.39 is 0 Å². The summed E-state index contributed by atoms with van der Waals surface area (Å²) >= 11 is 0. The average Bonchev–Trinajstić information content (AvgIpc) is 4.43. The predicted molar refractivity (Wildman–Crippen MR) is 313 cm³/mol. The fourth-order valence-electron chi connectivity index (χ4n) is 12.2. The minimum absolute atomic E-state index is 0.584. The Hall–Kier alpha value is -10.4. The fourth-order valence-corrected chi connectivity index (χ4v) is 12.2. The third-order valence-corrected chi connectivity index (χ3v) is 15.4. The molecule has 76 heavy (non-hydrogen) atoms. The first kappa shape index (κ1) is 42.2. The maximum absolute atomic E-state index is 5.56. The molecule has 0 radical (unpaired) electrons. The van der Waals surface area contributed by atoms with Gasteiger partial charge < -0.3 is 18.3 Å². The largest absolute Gasteiger partial charge is 0.309 e. The Morgan fingerprint density at radius 3 is 1.05 bits per heavy atom.